The SMILES string of the molecule is Cc1ccccc1CC(=O)N1Cc2ccccc2CC1C(=O)O. The van der Waals surface area contributed by atoms with Gasteiger partial charge in [0, 0.05) is 13.0 Å². The van der Waals surface area contributed by atoms with Crippen molar-refractivity contribution >= 4 is 11.9 Å². The lowest BCUT2D eigenvalue weighted by molar-refractivity contribution is -0.151. The van der Waals surface area contributed by atoms with Crippen LogP contribution in [-0.2, 0) is 29.0 Å². The summed E-state index contributed by atoms with van der Waals surface area (Å²) in [6.45, 7) is 2.32. The minimum atomic E-state index is -0.947. The van der Waals surface area contributed by atoms with Crippen molar-refractivity contribution in [1.29, 1.82) is 0 Å². The van der Waals surface area contributed by atoms with E-state index in [4.69, 9.17) is 0 Å². The van der Waals surface area contributed by atoms with Crippen LogP contribution in [0.15, 0.2) is 48.5 Å². The molecule has 2 aromatic rings. The molecule has 1 N–H and O–H groups in total. The Labute approximate surface area is 135 Å². The highest BCUT2D eigenvalue weighted by atomic mass is 16.4. The molecule has 0 fully saturated rings. The molecule has 1 aliphatic heterocycles. The highest BCUT2D eigenvalue weighted by Crippen LogP contribution is 2.24. The number of rotatable bonds is 3. The van der Waals surface area contributed by atoms with Gasteiger partial charge in [-0.1, -0.05) is 48.5 Å². The number of aliphatic carboxylic acids is 1. The number of amides is 1. The van der Waals surface area contributed by atoms with Gasteiger partial charge >= 0.3 is 5.97 Å². The minimum Gasteiger partial charge on any atom is -0.480 e. The van der Waals surface area contributed by atoms with E-state index >= 15 is 0 Å². The van der Waals surface area contributed by atoms with Crippen molar-refractivity contribution in [2.75, 3.05) is 0 Å². The zero-order chi connectivity index (χ0) is 16.4. The maximum atomic E-state index is 12.7. The quantitative estimate of drug-likeness (QED) is 0.948. The number of aryl methyl sites for hydroxylation is 1. The minimum absolute atomic E-state index is 0.138. The van der Waals surface area contributed by atoms with Gasteiger partial charge in [-0.05, 0) is 29.2 Å². The Hall–Kier alpha value is -2.62. The van der Waals surface area contributed by atoms with Gasteiger partial charge in [-0.15, -0.1) is 0 Å². The van der Waals surface area contributed by atoms with Crippen LogP contribution in [0.1, 0.15) is 22.3 Å². The van der Waals surface area contributed by atoms with E-state index in [1.54, 1.807) is 0 Å². The van der Waals surface area contributed by atoms with Crippen LogP contribution in [0, 0.1) is 6.92 Å². The highest BCUT2D eigenvalue weighted by molar-refractivity contribution is 5.86. The van der Waals surface area contributed by atoms with Crippen molar-refractivity contribution in [2.24, 2.45) is 0 Å². The van der Waals surface area contributed by atoms with E-state index < -0.39 is 12.0 Å². The lowest BCUT2D eigenvalue weighted by atomic mass is 9.93. The predicted octanol–water partition coefficient (Wildman–Crippen LogP) is 2.58. The summed E-state index contributed by atoms with van der Waals surface area (Å²) in [7, 11) is 0. The average molecular weight is 309 g/mol. The summed E-state index contributed by atoms with van der Waals surface area (Å²) in [5.41, 5.74) is 4.04. The third kappa shape index (κ3) is 3.11. The highest BCUT2D eigenvalue weighted by Gasteiger charge is 2.34. The molecule has 0 saturated carbocycles. The Bertz CT molecular complexity index is 754. The first kappa shape index (κ1) is 15.3. The van der Waals surface area contributed by atoms with Gasteiger partial charge in [-0.2, -0.15) is 0 Å². The molecular formula is C19H19NO3. The molecule has 1 heterocycles. The average Bonchev–Trinajstić information content (AvgIpc) is 2.55. The van der Waals surface area contributed by atoms with E-state index in [1.165, 1.54) is 4.90 Å². The molecule has 0 aromatic heterocycles. The standard InChI is InChI=1S/C19H19NO3/c1-13-6-2-3-7-14(13)11-18(21)20-12-16-9-5-4-8-15(16)10-17(20)19(22)23/h2-9,17H,10-12H2,1H3,(H,22,23). The van der Waals surface area contributed by atoms with Crippen LogP contribution in [0.25, 0.3) is 0 Å². The second-order valence-electron chi connectivity index (χ2n) is 5.95. The van der Waals surface area contributed by atoms with Gasteiger partial charge in [0.1, 0.15) is 6.04 Å². The molecule has 1 atom stereocenters. The number of hydrogen-bond acceptors (Lipinski definition) is 2. The summed E-state index contributed by atoms with van der Waals surface area (Å²) in [5.74, 6) is -1.08. The van der Waals surface area contributed by atoms with Crippen molar-refractivity contribution in [3.8, 4) is 0 Å². The summed E-state index contributed by atoms with van der Waals surface area (Å²) >= 11 is 0. The maximum Gasteiger partial charge on any atom is 0.326 e. The van der Waals surface area contributed by atoms with Crippen molar-refractivity contribution in [3.63, 3.8) is 0 Å². The van der Waals surface area contributed by atoms with Crippen molar-refractivity contribution in [1.82, 2.24) is 4.90 Å². The van der Waals surface area contributed by atoms with Gasteiger partial charge in [0.05, 0.1) is 6.42 Å². The van der Waals surface area contributed by atoms with E-state index in [-0.39, 0.29) is 12.3 Å². The van der Waals surface area contributed by atoms with Crippen LogP contribution in [0.3, 0.4) is 0 Å². The molecule has 23 heavy (non-hydrogen) atoms. The summed E-state index contributed by atoms with van der Waals surface area (Å²) in [6.07, 6.45) is 0.601. The monoisotopic (exact) mass is 309 g/mol. The summed E-state index contributed by atoms with van der Waals surface area (Å²) in [5, 5.41) is 9.51. The summed E-state index contributed by atoms with van der Waals surface area (Å²) < 4.78 is 0. The molecule has 4 heteroatoms. The fourth-order valence-corrected chi connectivity index (χ4v) is 3.08. The smallest absolute Gasteiger partial charge is 0.326 e. The van der Waals surface area contributed by atoms with Crippen LogP contribution in [0.5, 0.6) is 0 Å². The van der Waals surface area contributed by atoms with Crippen LogP contribution < -0.4 is 0 Å². The number of carbonyl (C=O) groups is 2. The third-order valence-electron chi connectivity index (χ3n) is 4.46. The number of benzene rings is 2. The van der Waals surface area contributed by atoms with Crippen LogP contribution in [0.4, 0.5) is 0 Å². The second-order valence-corrected chi connectivity index (χ2v) is 5.95. The fourth-order valence-electron chi connectivity index (χ4n) is 3.08. The van der Waals surface area contributed by atoms with E-state index in [2.05, 4.69) is 0 Å². The molecule has 0 aliphatic carbocycles. The van der Waals surface area contributed by atoms with E-state index in [0.29, 0.717) is 13.0 Å². The fraction of sp³-hybridized carbons (Fsp3) is 0.263. The molecule has 2 aromatic carbocycles. The Morgan fingerprint density at radius 1 is 1.09 bits per heavy atom. The van der Waals surface area contributed by atoms with E-state index in [9.17, 15) is 14.7 Å². The molecule has 1 unspecified atom stereocenters. The lowest BCUT2D eigenvalue weighted by Gasteiger charge is -2.34. The zero-order valence-electron chi connectivity index (χ0n) is 13.0. The molecule has 3 rings (SSSR count). The molecule has 0 bridgehead atoms. The Morgan fingerprint density at radius 3 is 2.43 bits per heavy atom. The second kappa shape index (κ2) is 6.24. The first-order valence-electron chi connectivity index (χ1n) is 7.70. The number of carboxylic acid groups (broad SMARTS) is 1. The van der Waals surface area contributed by atoms with Gasteiger partial charge in [0.15, 0.2) is 0 Å². The molecule has 1 aliphatic rings. The molecule has 1 amide bonds. The normalized spacial score (nSPS) is 16.7. The number of carboxylic acids is 1. The number of nitrogens with zero attached hydrogens (tertiary/aromatic N) is 1. The topological polar surface area (TPSA) is 57.6 Å². The number of fused-ring (bicyclic) bond motifs is 1. The van der Waals surface area contributed by atoms with Gasteiger partial charge in [-0.25, -0.2) is 4.79 Å². The van der Waals surface area contributed by atoms with Crippen LogP contribution >= 0.6 is 0 Å². The molecule has 0 radical (unpaired) electrons. The molecule has 118 valence electrons. The van der Waals surface area contributed by atoms with E-state index in [1.807, 2.05) is 55.5 Å². The lowest BCUT2D eigenvalue weighted by Crippen LogP contribution is -2.49. The van der Waals surface area contributed by atoms with Gasteiger partial charge in [0.2, 0.25) is 5.91 Å². The Kier molecular flexibility index (Phi) is 4.15. The molecule has 0 saturated heterocycles. The number of carbonyl (C=O) groups excluding carboxylic acids is 1. The van der Waals surface area contributed by atoms with Crippen LogP contribution in [-0.4, -0.2) is 27.9 Å². The predicted molar refractivity (Wildman–Crippen MR) is 87.0 cm³/mol. The largest absolute Gasteiger partial charge is 0.480 e. The zero-order valence-corrected chi connectivity index (χ0v) is 13.0. The first-order chi connectivity index (χ1) is 11.1. The van der Waals surface area contributed by atoms with Gasteiger partial charge in [-0.3, -0.25) is 4.79 Å². The third-order valence-corrected chi connectivity index (χ3v) is 4.46. The Balaban J connectivity index is 1.86. The Morgan fingerprint density at radius 2 is 1.74 bits per heavy atom. The van der Waals surface area contributed by atoms with Gasteiger partial charge in [0.25, 0.3) is 0 Å². The maximum absolute atomic E-state index is 12.7. The van der Waals surface area contributed by atoms with Gasteiger partial charge < -0.3 is 10.0 Å². The van der Waals surface area contributed by atoms with Crippen molar-refractivity contribution in [3.05, 3.63) is 70.8 Å². The summed E-state index contributed by atoms with van der Waals surface area (Å²) in [6, 6.07) is 14.6. The first-order valence-corrected chi connectivity index (χ1v) is 7.70. The molecule has 0 spiro atoms. The number of hydrogen-bond donors (Lipinski definition) is 1. The molecule has 4 nitrogen and oxygen atoms in total. The van der Waals surface area contributed by atoms with Crippen molar-refractivity contribution < 1.29 is 14.7 Å². The molecular weight excluding hydrogens is 290 g/mol. The van der Waals surface area contributed by atoms with E-state index in [0.717, 1.165) is 22.3 Å². The summed E-state index contributed by atoms with van der Waals surface area (Å²) in [4.78, 5) is 25.8. The van der Waals surface area contributed by atoms with Crippen molar-refractivity contribution in [2.45, 2.75) is 32.4 Å². The van der Waals surface area contributed by atoms with Crippen LogP contribution in [0.2, 0.25) is 0 Å².